The van der Waals surface area contributed by atoms with Crippen molar-refractivity contribution in [3.63, 3.8) is 0 Å². The zero-order valence-corrected chi connectivity index (χ0v) is 11.2. The molecule has 3 heterocycles. The lowest BCUT2D eigenvalue weighted by Crippen LogP contribution is -2.02. The summed E-state index contributed by atoms with van der Waals surface area (Å²) in [5, 5.41) is 12.8. The number of hydrogen-bond donors (Lipinski definition) is 0. The quantitative estimate of drug-likeness (QED) is 0.725. The van der Waals surface area contributed by atoms with Crippen molar-refractivity contribution < 1.29 is 8.78 Å². The van der Waals surface area contributed by atoms with Crippen LogP contribution >= 0.6 is 11.3 Å². The molecule has 0 fully saturated rings. The van der Waals surface area contributed by atoms with Gasteiger partial charge in [-0.1, -0.05) is 0 Å². The van der Waals surface area contributed by atoms with Gasteiger partial charge in [-0.3, -0.25) is 0 Å². The molecular weight excluding hydrogens is 282 g/mol. The van der Waals surface area contributed by atoms with Crippen LogP contribution in [0.2, 0.25) is 0 Å². The van der Waals surface area contributed by atoms with Gasteiger partial charge in [-0.2, -0.15) is 10.4 Å². The molecule has 4 nitrogen and oxygen atoms in total. The van der Waals surface area contributed by atoms with Crippen LogP contribution in [-0.4, -0.2) is 14.6 Å². The molecule has 0 bridgehead atoms. The largest absolute Gasteiger partial charge is 0.280 e. The average Bonchev–Trinajstić information content (AvgIpc) is 3.03. The van der Waals surface area contributed by atoms with Gasteiger partial charge in [0.25, 0.3) is 6.43 Å². The summed E-state index contributed by atoms with van der Waals surface area (Å²) in [5.41, 5.74) is 0.508. The van der Waals surface area contributed by atoms with E-state index in [1.54, 1.807) is 0 Å². The van der Waals surface area contributed by atoms with E-state index in [0.29, 0.717) is 5.69 Å². The summed E-state index contributed by atoms with van der Waals surface area (Å²) in [4.78, 5) is 6.14. The second-order valence-corrected chi connectivity index (χ2v) is 5.47. The van der Waals surface area contributed by atoms with E-state index >= 15 is 0 Å². The Hall–Kier alpha value is -2.33. The number of aryl methyl sites for hydroxylation is 1. The van der Waals surface area contributed by atoms with Gasteiger partial charge >= 0.3 is 0 Å². The Labute approximate surface area is 116 Å². The van der Waals surface area contributed by atoms with Crippen LogP contribution in [0.15, 0.2) is 24.4 Å². The zero-order valence-electron chi connectivity index (χ0n) is 10.3. The summed E-state index contributed by atoms with van der Waals surface area (Å²) in [6, 6.07) is 6.96. The third-order valence-electron chi connectivity index (χ3n) is 2.84. The highest BCUT2D eigenvalue weighted by Gasteiger charge is 2.18. The van der Waals surface area contributed by atoms with Crippen LogP contribution in [-0.2, 0) is 0 Å². The molecule has 0 aliphatic rings. The lowest BCUT2D eigenvalue weighted by Gasteiger charge is -2.06. The van der Waals surface area contributed by atoms with Crippen molar-refractivity contribution in [3.8, 4) is 16.6 Å². The van der Waals surface area contributed by atoms with Gasteiger partial charge in [-0.05, 0) is 25.1 Å². The minimum Gasteiger partial charge on any atom is -0.226 e. The third kappa shape index (κ3) is 1.94. The van der Waals surface area contributed by atoms with Crippen molar-refractivity contribution in [1.29, 1.82) is 5.26 Å². The SMILES string of the molecule is Cc1ccc(-c2cc(C(F)F)n3ncc(C#N)c3n2)s1. The van der Waals surface area contributed by atoms with Gasteiger partial charge in [-0.25, -0.2) is 18.3 Å². The Bertz CT molecular complexity index is 829. The first-order valence-corrected chi connectivity index (χ1v) is 6.55. The highest BCUT2D eigenvalue weighted by atomic mass is 32.1. The molecule has 0 aliphatic carbocycles. The van der Waals surface area contributed by atoms with E-state index in [2.05, 4.69) is 10.1 Å². The molecule has 3 aromatic rings. The molecule has 0 unspecified atom stereocenters. The Morgan fingerprint density at radius 2 is 2.20 bits per heavy atom. The van der Waals surface area contributed by atoms with E-state index in [9.17, 15) is 8.78 Å². The Morgan fingerprint density at radius 3 is 2.80 bits per heavy atom. The summed E-state index contributed by atoms with van der Waals surface area (Å²) in [5.74, 6) is 0. The molecule has 3 aromatic heterocycles. The number of aromatic nitrogens is 3. The molecule has 0 amide bonds. The van der Waals surface area contributed by atoms with Crippen LogP contribution in [0.5, 0.6) is 0 Å². The first-order chi connectivity index (χ1) is 9.60. The average molecular weight is 290 g/mol. The monoisotopic (exact) mass is 290 g/mol. The molecule has 3 rings (SSSR count). The molecule has 7 heteroatoms. The van der Waals surface area contributed by atoms with Gasteiger partial charge in [0.2, 0.25) is 0 Å². The number of halogens is 2. The standard InChI is InChI=1S/C13H8F2N4S/c1-7-2-3-11(20-7)9-4-10(12(14)15)19-13(18-9)8(5-16)6-17-19/h2-4,6,12H,1H3. The van der Waals surface area contributed by atoms with Crippen molar-refractivity contribution in [3.05, 3.63) is 40.5 Å². The van der Waals surface area contributed by atoms with Gasteiger partial charge in [0.15, 0.2) is 5.65 Å². The molecule has 0 aromatic carbocycles. The second kappa shape index (κ2) is 4.65. The summed E-state index contributed by atoms with van der Waals surface area (Å²) >= 11 is 1.47. The van der Waals surface area contributed by atoms with E-state index in [0.717, 1.165) is 14.3 Å². The summed E-state index contributed by atoms with van der Waals surface area (Å²) in [7, 11) is 0. The Morgan fingerprint density at radius 1 is 1.40 bits per heavy atom. The molecule has 0 N–H and O–H groups in total. The van der Waals surface area contributed by atoms with Crippen LogP contribution in [0.25, 0.3) is 16.2 Å². The molecule has 20 heavy (non-hydrogen) atoms. The molecule has 0 radical (unpaired) electrons. The maximum atomic E-state index is 13.1. The number of nitriles is 1. The van der Waals surface area contributed by atoms with Gasteiger partial charge in [0.05, 0.1) is 16.8 Å². The molecule has 0 atom stereocenters. The number of alkyl halides is 2. The van der Waals surface area contributed by atoms with E-state index in [4.69, 9.17) is 5.26 Å². The van der Waals surface area contributed by atoms with E-state index in [-0.39, 0.29) is 16.9 Å². The zero-order chi connectivity index (χ0) is 14.3. The second-order valence-electron chi connectivity index (χ2n) is 4.18. The normalized spacial score (nSPS) is 11.2. The fourth-order valence-electron chi connectivity index (χ4n) is 1.92. The maximum absolute atomic E-state index is 13.1. The molecule has 0 saturated heterocycles. The van der Waals surface area contributed by atoms with Gasteiger partial charge in [0, 0.05) is 4.88 Å². The minimum absolute atomic E-state index is 0.159. The van der Waals surface area contributed by atoms with Crippen LogP contribution in [0, 0.1) is 18.3 Å². The first-order valence-electron chi connectivity index (χ1n) is 5.74. The predicted octanol–water partition coefficient (Wildman–Crippen LogP) is 3.58. The molecular formula is C13H8F2N4S. The van der Waals surface area contributed by atoms with E-state index in [1.807, 2.05) is 25.1 Å². The summed E-state index contributed by atoms with van der Waals surface area (Å²) in [6.07, 6.45) is -1.44. The molecule has 0 spiro atoms. The van der Waals surface area contributed by atoms with Crippen LogP contribution in [0.4, 0.5) is 8.78 Å². The van der Waals surface area contributed by atoms with Crippen molar-refractivity contribution in [1.82, 2.24) is 14.6 Å². The number of fused-ring (bicyclic) bond motifs is 1. The molecule has 0 aliphatic heterocycles. The summed E-state index contributed by atoms with van der Waals surface area (Å²) in [6.45, 7) is 1.93. The van der Waals surface area contributed by atoms with Crippen molar-refractivity contribution >= 4 is 17.0 Å². The van der Waals surface area contributed by atoms with Gasteiger partial charge < -0.3 is 0 Å². The van der Waals surface area contributed by atoms with Crippen molar-refractivity contribution in [2.24, 2.45) is 0 Å². The van der Waals surface area contributed by atoms with Crippen LogP contribution in [0.1, 0.15) is 22.6 Å². The number of rotatable bonds is 2. The smallest absolute Gasteiger partial charge is 0.226 e. The number of nitrogens with zero attached hydrogens (tertiary/aromatic N) is 4. The highest BCUT2D eigenvalue weighted by molar-refractivity contribution is 7.15. The number of thiophene rings is 1. The fourth-order valence-corrected chi connectivity index (χ4v) is 2.75. The van der Waals surface area contributed by atoms with E-state index < -0.39 is 6.43 Å². The Balaban J connectivity index is 2.31. The molecule has 100 valence electrons. The van der Waals surface area contributed by atoms with Gasteiger partial charge in [-0.15, -0.1) is 11.3 Å². The lowest BCUT2D eigenvalue weighted by molar-refractivity contribution is 0.143. The van der Waals surface area contributed by atoms with E-state index in [1.165, 1.54) is 23.6 Å². The maximum Gasteiger partial charge on any atom is 0.280 e. The van der Waals surface area contributed by atoms with Crippen LogP contribution in [0.3, 0.4) is 0 Å². The molecule has 0 saturated carbocycles. The van der Waals surface area contributed by atoms with Crippen LogP contribution < -0.4 is 0 Å². The topological polar surface area (TPSA) is 54.0 Å². The van der Waals surface area contributed by atoms with Gasteiger partial charge in [0.1, 0.15) is 17.3 Å². The predicted molar refractivity (Wildman–Crippen MR) is 70.7 cm³/mol. The summed E-state index contributed by atoms with van der Waals surface area (Å²) < 4.78 is 27.3. The Kier molecular flexibility index (Phi) is 2.95. The fraction of sp³-hybridized carbons (Fsp3) is 0.154. The lowest BCUT2D eigenvalue weighted by atomic mass is 10.2. The first kappa shape index (κ1) is 12.7. The van der Waals surface area contributed by atoms with Crippen molar-refractivity contribution in [2.75, 3.05) is 0 Å². The minimum atomic E-state index is -2.69. The highest BCUT2D eigenvalue weighted by Crippen LogP contribution is 2.30. The number of hydrogen-bond acceptors (Lipinski definition) is 4. The third-order valence-corrected chi connectivity index (χ3v) is 3.86. The van der Waals surface area contributed by atoms with Crippen molar-refractivity contribution in [2.45, 2.75) is 13.3 Å².